The maximum atomic E-state index is 13.1. The van der Waals surface area contributed by atoms with Gasteiger partial charge in [-0.05, 0) is 60.9 Å². The molecule has 1 aromatic rings. The Morgan fingerprint density at radius 1 is 1.22 bits per heavy atom. The molecule has 1 aromatic carbocycles. The number of methoxy groups -OCH3 is 2. The van der Waals surface area contributed by atoms with Crippen LogP contribution in [-0.2, 0) is 25.2 Å². The van der Waals surface area contributed by atoms with Gasteiger partial charge in [0.2, 0.25) is 0 Å². The van der Waals surface area contributed by atoms with Crippen LogP contribution in [0.1, 0.15) is 63.1 Å². The lowest BCUT2D eigenvalue weighted by molar-refractivity contribution is -0.135. The normalized spacial score (nSPS) is 31.9. The van der Waals surface area contributed by atoms with Gasteiger partial charge in [-0.3, -0.25) is 4.79 Å². The van der Waals surface area contributed by atoms with Crippen LogP contribution in [0.3, 0.4) is 0 Å². The smallest absolute Gasteiger partial charge is 0.330 e. The maximum absolute atomic E-state index is 13.1. The number of ether oxygens (including phenoxy) is 3. The highest BCUT2D eigenvalue weighted by molar-refractivity contribution is 5.91. The fourth-order valence-corrected chi connectivity index (χ4v) is 6.56. The van der Waals surface area contributed by atoms with Gasteiger partial charge < -0.3 is 19.5 Å². The van der Waals surface area contributed by atoms with Crippen LogP contribution in [-0.4, -0.2) is 44.7 Å². The fraction of sp³-hybridized carbons (Fsp3) is 0.615. The second-order valence-corrected chi connectivity index (χ2v) is 10.5. The molecule has 172 valence electrons. The van der Waals surface area contributed by atoms with Gasteiger partial charge in [-0.2, -0.15) is 0 Å². The SMILES string of the molecule is COC(=O)/C=C/c1cc(OC)c2c3c1C(C)(C)C(NCC1CC1)C1CCC(=O)C(O2)[C@@]31C. The third kappa shape index (κ3) is 2.95. The molecule has 0 saturated heterocycles. The van der Waals surface area contributed by atoms with Crippen molar-refractivity contribution in [3.8, 4) is 11.5 Å². The second kappa shape index (κ2) is 7.34. The molecule has 3 aliphatic carbocycles. The lowest BCUT2D eigenvalue weighted by atomic mass is 9.49. The van der Waals surface area contributed by atoms with E-state index < -0.39 is 17.5 Å². The van der Waals surface area contributed by atoms with E-state index >= 15 is 0 Å². The molecular formula is C26H33NO5. The fourth-order valence-electron chi connectivity index (χ4n) is 6.56. The third-order valence-electron chi connectivity index (χ3n) is 8.33. The summed E-state index contributed by atoms with van der Waals surface area (Å²) in [5.74, 6) is 2.10. The molecule has 2 fully saturated rings. The van der Waals surface area contributed by atoms with E-state index in [-0.39, 0.29) is 23.2 Å². The Kier molecular flexibility index (Phi) is 4.93. The number of nitrogens with one attached hydrogen (secondary N) is 1. The number of ketones is 1. The maximum Gasteiger partial charge on any atom is 0.330 e. The van der Waals surface area contributed by atoms with Crippen molar-refractivity contribution in [2.45, 2.75) is 69.4 Å². The quantitative estimate of drug-likeness (QED) is 0.540. The Balaban J connectivity index is 1.74. The van der Waals surface area contributed by atoms with Crippen LogP contribution in [0.2, 0.25) is 0 Å². The van der Waals surface area contributed by atoms with Crippen molar-refractivity contribution in [3.05, 3.63) is 28.8 Å². The number of carbonyl (C=O) groups is 2. The van der Waals surface area contributed by atoms with Crippen LogP contribution < -0.4 is 14.8 Å². The van der Waals surface area contributed by atoms with Gasteiger partial charge in [-0.15, -0.1) is 0 Å². The van der Waals surface area contributed by atoms with Gasteiger partial charge >= 0.3 is 5.97 Å². The number of benzene rings is 1. The summed E-state index contributed by atoms with van der Waals surface area (Å²) in [6.45, 7) is 7.76. The van der Waals surface area contributed by atoms with Crippen molar-refractivity contribution in [1.29, 1.82) is 0 Å². The van der Waals surface area contributed by atoms with E-state index in [1.165, 1.54) is 26.0 Å². The summed E-state index contributed by atoms with van der Waals surface area (Å²) in [6, 6.07) is 2.13. The molecule has 3 unspecified atom stereocenters. The van der Waals surface area contributed by atoms with Crippen molar-refractivity contribution in [1.82, 2.24) is 5.32 Å². The number of rotatable bonds is 6. The highest BCUT2D eigenvalue weighted by Crippen LogP contribution is 2.63. The topological polar surface area (TPSA) is 73.9 Å². The zero-order valence-corrected chi connectivity index (χ0v) is 19.6. The molecular weight excluding hydrogens is 406 g/mol. The number of carbonyl (C=O) groups excluding carboxylic acids is 2. The highest BCUT2D eigenvalue weighted by Gasteiger charge is 2.65. The Morgan fingerprint density at radius 3 is 2.62 bits per heavy atom. The Morgan fingerprint density at radius 2 is 1.97 bits per heavy atom. The first kappa shape index (κ1) is 21.5. The van der Waals surface area contributed by atoms with Crippen LogP contribution in [0.4, 0.5) is 0 Å². The molecule has 6 heteroatoms. The second-order valence-electron chi connectivity index (χ2n) is 10.5. The predicted molar refractivity (Wildman–Crippen MR) is 121 cm³/mol. The number of Topliss-reactive ketones (excluding diaryl/α,β-unsaturated/α-hetero) is 1. The summed E-state index contributed by atoms with van der Waals surface area (Å²) in [5.41, 5.74) is 2.47. The molecule has 0 radical (unpaired) electrons. The first-order chi connectivity index (χ1) is 15.2. The van der Waals surface area contributed by atoms with Crippen molar-refractivity contribution in [2.24, 2.45) is 11.8 Å². The van der Waals surface area contributed by atoms with Gasteiger partial charge in [0, 0.05) is 34.9 Å². The molecule has 4 atom stereocenters. The van der Waals surface area contributed by atoms with Gasteiger partial charge in [-0.1, -0.05) is 20.8 Å². The lowest BCUT2D eigenvalue weighted by Gasteiger charge is -2.55. The van der Waals surface area contributed by atoms with E-state index in [1.807, 2.05) is 12.1 Å². The Hall–Kier alpha value is -2.34. The summed E-state index contributed by atoms with van der Waals surface area (Å²) >= 11 is 0. The molecule has 32 heavy (non-hydrogen) atoms. The zero-order chi connectivity index (χ0) is 22.8. The number of hydrogen-bond donors (Lipinski definition) is 1. The average molecular weight is 440 g/mol. The van der Waals surface area contributed by atoms with E-state index in [1.54, 1.807) is 7.11 Å². The van der Waals surface area contributed by atoms with Crippen molar-refractivity contribution in [3.63, 3.8) is 0 Å². The molecule has 1 N–H and O–H groups in total. The number of hydrogen-bond acceptors (Lipinski definition) is 6. The first-order valence-corrected chi connectivity index (χ1v) is 11.7. The molecule has 6 nitrogen and oxygen atoms in total. The largest absolute Gasteiger partial charge is 0.493 e. The Bertz CT molecular complexity index is 1010. The minimum atomic E-state index is -0.495. The Labute approximate surface area is 189 Å². The van der Waals surface area contributed by atoms with E-state index in [0.717, 1.165) is 35.6 Å². The lowest BCUT2D eigenvalue weighted by Crippen LogP contribution is -2.65. The molecule has 0 bridgehead atoms. The molecule has 0 amide bonds. The molecule has 0 aromatic heterocycles. The van der Waals surface area contributed by atoms with Gasteiger partial charge in [0.05, 0.1) is 14.2 Å². The first-order valence-electron chi connectivity index (χ1n) is 11.7. The monoisotopic (exact) mass is 439 g/mol. The molecule has 0 spiro atoms. The standard InChI is InChI=1S/C26H33NO5/c1-25(2)20-15(8-11-19(29)31-5)12-18(30-4)22-21(20)26(3)16(9-10-17(28)24(26)32-22)23(25)27-13-14-6-7-14/h8,11-12,14,16,23-24,27H,6-7,9-10,13H2,1-5H3/b11-8+/t16?,23?,24?,26-/m1/s1. The zero-order valence-electron chi connectivity index (χ0n) is 19.6. The average Bonchev–Trinajstić information content (AvgIpc) is 3.53. The molecule has 5 rings (SSSR count). The molecule has 2 saturated carbocycles. The molecule has 1 aliphatic heterocycles. The third-order valence-corrected chi connectivity index (χ3v) is 8.33. The van der Waals surface area contributed by atoms with Gasteiger partial charge in [0.25, 0.3) is 0 Å². The summed E-state index contributed by atoms with van der Waals surface area (Å²) in [7, 11) is 2.99. The molecule has 4 aliphatic rings. The van der Waals surface area contributed by atoms with Crippen LogP contribution >= 0.6 is 0 Å². The van der Waals surface area contributed by atoms with E-state index in [9.17, 15) is 9.59 Å². The van der Waals surface area contributed by atoms with Gasteiger partial charge in [-0.25, -0.2) is 4.79 Å². The van der Waals surface area contributed by atoms with Crippen LogP contribution in [0.25, 0.3) is 6.08 Å². The van der Waals surface area contributed by atoms with Gasteiger partial charge in [0.15, 0.2) is 23.4 Å². The number of esters is 1. The van der Waals surface area contributed by atoms with E-state index in [4.69, 9.17) is 14.2 Å². The van der Waals surface area contributed by atoms with Crippen LogP contribution in [0.15, 0.2) is 12.1 Å². The highest BCUT2D eigenvalue weighted by atomic mass is 16.5. The minimum absolute atomic E-state index is 0.167. The van der Waals surface area contributed by atoms with Crippen molar-refractivity contribution >= 4 is 17.8 Å². The predicted octanol–water partition coefficient (Wildman–Crippen LogP) is 3.54. The summed E-state index contributed by atoms with van der Waals surface area (Å²) in [4.78, 5) is 25.0. The summed E-state index contributed by atoms with van der Waals surface area (Å²) in [6.07, 6.45) is 6.74. The van der Waals surface area contributed by atoms with Crippen LogP contribution in [0, 0.1) is 11.8 Å². The van der Waals surface area contributed by atoms with E-state index in [2.05, 4.69) is 26.1 Å². The van der Waals surface area contributed by atoms with Crippen molar-refractivity contribution < 1.29 is 23.8 Å². The minimum Gasteiger partial charge on any atom is -0.493 e. The van der Waals surface area contributed by atoms with Crippen LogP contribution in [0.5, 0.6) is 11.5 Å². The van der Waals surface area contributed by atoms with E-state index in [0.29, 0.717) is 17.9 Å². The van der Waals surface area contributed by atoms with Gasteiger partial charge in [0.1, 0.15) is 0 Å². The molecule has 1 heterocycles. The summed E-state index contributed by atoms with van der Waals surface area (Å²) in [5, 5.41) is 3.92. The van der Waals surface area contributed by atoms with Crippen molar-refractivity contribution in [2.75, 3.05) is 20.8 Å². The summed E-state index contributed by atoms with van der Waals surface area (Å²) < 4.78 is 16.9.